The Balaban J connectivity index is 0.000000885. The Labute approximate surface area is 125 Å². The lowest BCUT2D eigenvalue weighted by molar-refractivity contribution is -0.152. The highest BCUT2D eigenvalue weighted by Crippen LogP contribution is 2.17. The number of carboxylic acids is 1. The maximum Gasteiger partial charge on any atom is 0.317 e. The summed E-state index contributed by atoms with van der Waals surface area (Å²) in [5.41, 5.74) is 1.75. The van der Waals surface area contributed by atoms with Gasteiger partial charge in [-0.3, -0.25) is 9.59 Å². The number of rotatable bonds is 6. The lowest BCUT2D eigenvalue weighted by Gasteiger charge is -2.08. The summed E-state index contributed by atoms with van der Waals surface area (Å²) in [7, 11) is 1.57. The molecule has 0 aliphatic heterocycles. The minimum absolute atomic E-state index is 0.0714. The van der Waals surface area contributed by atoms with Crippen molar-refractivity contribution in [2.24, 2.45) is 0 Å². The monoisotopic (exact) mass is 296 g/mol. The second-order valence-electron chi connectivity index (χ2n) is 4.52. The van der Waals surface area contributed by atoms with Gasteiger partial charge in [-0.05, 0) is 30.2 Å². The summed E-state index contributed by atoms with van der Waals surface area (Å²) in [4.78, 5) is 21.3. The lowest BCUT2D eigenvalue weighted by Crippen LogP contribution is -2.10. The van der Waals surface area contributed by atoms with Crippen molar-refractivity contribution < 1.29 is 24.2 Å². The van der Waals surface area contributed by atoms with Crippen LogP contribution < -0.4 is 4.74 Å². The number of unbranched alkanes of at least 4 members (excludes halogenated alkanes) is 1. The average molecular weight is 296 g/mol. The number of ether oxygens (including phenoxy) is 2. The molecule has 0 aliphatic rings. The normalized spacial score (nSPS) is 9.33. The number of carbonyl (C=O) groups excluding carboxylic acids is 1. The van der Waals surface area contributed by atoms with Gasteiger partial charge in [0.1, 0.15) is 18.8 Å². The summed E-state index contributed by atoms with van der Waals surface area (Å²) in [6.45, 7) is 6.30. The number of methoxy groups -OCH3 is 1. The Morgan fingerprint density at radius 3 is 2.24 bits per heavy atom. The van der Waals surface area contributed by atoms with E-state index in [4.69, 9.17) is 14.6 Å². The van der Waals surface area contributed by atoms with Crippen LogP contribution in [0.4, 0.5) is 0 Å². The van der Waals surface area contributed by atoms with Gasteiger partial charge in [-0.25, -0.2) is 0 Å². The van der Waals surface area contributed by atoms with Gasteiger partial charge in [0.05, 0.1) is 7.11 Å². The molecule has 0 heterocycles. The third-order valence-corrected chi connectivity index (χ3v) is 2.73. The van der Waals surface area contributed by atoms with Crippen LogP contribution in [0.2, 0.25) is 0 Å². The second-order valence-corrected chi connectivity index (χ2v) is 4.52. The highest BCUT2D eigenvalue weighted by molar-refractivity contribution is 5.90. The fourth-order valence-corrected chi connectivity index (χ4v) is 1.29. The molecule has 1 rings (SSSR count). The summed E-state index contributed by atoms with van der Waals surface area (Å²) in [5, 5.41) is 8.39. The van der Waals surface area contributed by atoms with Crippen LogP contribution in [0.1, 0.15) is 44.2 Å². The zero-order chi connectivity index (χ0) is 16.3. The molecule has 0 atom stereocenters. The molecule has 0 saturated carbocycles. The minimum Gasteiger partial charge on any atom is -0.497 e. The summed E-state index contributed by atoms with van der Waals surface area (Å²) in [5.74, 6) is -1.21. The number of aliphatic carboxylic acids is 1. The van der Waals surface area contributed by atoms with E-state index in [1.807, 2.05) is 13.0 Å². The molecule has 0 spiro atoms. The van der Waals surface area contributed by atoms with Crippen molar-refractivity contribution in [1.29, 1.82) is 0 Å². The van der Waals surface area contributed by atoms with Crippen molar-refractivity contribution in [2.45, 2.75) is 46.6 Å². The molecule has 21 heavy (non-hydrogen) atoms. The number of hydrogen-bond acceptors (Lipinski definition) is 4. The van der Waals surface area contributed by atoms with Crippen molar-refractivity contribution >= 4 is 11.9 Å². The second kappa shape index (κ2) is 10.7. The van der Waals surface area contributed by atoms with Crippen LogP contribution in [0.5, 0.6) is 5.75 Å². The van der Waals surface area contributed by atoms with Crippen LogP contribution >= 0.6 is 0 Å². The van der Waals surface area contributed by atoms with E-state index in [0.717, 1.165) is 16.9 Å². The number of carbonyl (C=O) groups is 2. The SMILES string of the molecule is CCCC.COc1ccc(COC(=O)CC(=O)O)c(C)c1. The zero-order valence-electron chi connectivity index (χ0n) is 13.1. The minimum atomic E-state index is -1.19. The van der Waals surface area contributed by atoms with E-state index in [9.17, 15) is 9.59 Å². The van der Waals surface area contributed by atoms with Crippen LogP contribution in [-0.4, -0.2) is 24.2 Å². The number of esters is 1. The first-order valence-corrected chi connectivity index (χ1v) is 6.95. The fraction of sp³-hybridized carbons (Fsp3) is 0.500. The maximum absolute atomic E-state index is 11.0. The third-order valence-electron chi connectivity index (χ3n) is 2.73. The van der Waals surface area contributed by atoms with Crippen LogP contribution in [-0.2, 0) is 20.9 Å². The topological polar surface area (TPSA) is 72.8 Å². The number of carboxylic acid groups (broad SMARTS) is 1. The fourth-order valence-electron chi connectivity index (χ4n) is 1.29. The molecule has 5 nitrogen and oxygen atoms in total. The Kier molecular flexibility index (Phi) is 9.67. The Morgan fingerprint density at radius 2 is 1.81 bits per heavy atom. The molecule has 0 radical (unpaired) electrons. The molecule has 0 amide bonds. The molecule has 1 aromatic carbocycles. The highest BCUT2D eigenvalue weighted by atomic mass is 16.5. The molecule has 0 saturated heterocycles. The van der Waals surface area contributed by atoms with Crippen LogP contribution in [0, 0.1) is 6.92 Å². The van der Waals surface area contributed by atoms with Gasteiger partial charge in [0.15, 0.2) is 0 Å². The quantitative estimate of drug-likeness (QED) is 0.644. The van der Waals surface area contributed by atoms with Gasteiger partial charge in [0.25, 0.3) is 0 Å². The Morgan fingerprint density at radius 1 is 1.19 bits per heavy atom. The molecular weight excluding hydrogens is 272 g/mol. The maximum atomic E-state index is 11.0. The predicted molar refractivity (Wildman–Crippen MR) is 80.4 cm³/mol. The Hall–Kier alpha value is -2.04. The summed E-state index contributed by atoms with van der Waals surface area (Å²) in [6.07, 6.45) is 2.02. The zero-order valence-corrected chi connectivity index (χ0v) is 13.1. The average Bonchev–Trinajstić information content (AvgIpc) is 2.45. The first-order valence-electron chi connectivity index (χ1n) is 6.95. The molecule has 0 unspecified atom stereocenters. The molecule has 0 aromatic heterocycles. The van der Waals surface area contributed by atoms with E-state index in [1.165, 1.54) is 12.8 Å². The Bertz CT molecular complexity index is 452. The van der Waals surface area contributed by atoms with Crippen LogP contribution in [0.25, 0.3) is 0 Å². The molecule has 0 fully saturated rings. The van der Waals surface area contributed by atoms with Crippen molar-refractivity contribution in [2.75, 3.05) is 7.11 Å². The van der Waals surface area contributed by atoms with Crippen molar-refractivity contribution in [3.63, 3.8) is 0 Å². The van der Waals surface area contributed by atoms with E-state index < -0.39 is 18.4 Å². The number of aryl methyl sites for hydroxylation is 1. The molecule has 5 heteroatoms. The van der Waals surface area contributed by atoms with Gasteiger partial charge in [-0.2, -0.15) is 0 Å². The molecule has 1 N–H and O–H groups in total. The van der Waals surface area contributed by atoms with Gasteiger partial charge in [0.2, 0.25) is 0 Å². The largest absolute Gasteiger partial charge is 0.497 e. The standard InChI is InChI=1S/C12H14O5.C4H10/c1-8-5-10(16-2)4-3-9(8)7-17-12(15)6-11(13)14;1-3-4-2/h3-5H,6-7H2,1-2H3,(H,13,14);3-4H2,1-2H3. The number of hydrogen-bond donors (Lipinski definition) is 1. The van der Waals surface area contributed by atoms with Crippen LogP contribution in [0.3, 0.4) is 0 Å². The lowest BCUT2D eigenvalue weighted by atomic mass is 10.1. The first-order chi connectivity index (χ1) is 9.94. The first kappa shape index (κ1) is 19.0. The molecule has 118 valence electrons. The molecule has 1 aromatic rings. The summed E-state index contributed by atoms with van der Waals surface area (Å²) >= 11 is 0. The molecular formula is C16H24O5. The van der Waals surface area contributed by atoms with E-state index in [-0.39, 0.29) is 6.61 Å². The molecule has 0 bridgehead atoms. The van der Waals surface area contributed by atoms with Gasteiger partial charge in [-0.1, -0.05) is 32.8 Å². The van der Waals surface area contributed by atoms with Crippen molar-refractivity contribution in [1.82, 2.24) is 0 Å². The third kappa shape index (κ3) is 8.68. The van der Waals surface area contributed by atoms with Crippen molar-refractivity contribution in [3.05, 3.63) is 29.3 Å². The number of benzene rings is 1. The van der Waals surface area contributed by atoms with E-state index in [2.05, 4.69) is 13.8 Å². The van der Waals surface area contributed by atoms with E-state index in [0.29, 0.717) is 0 Å². The molecule has 0 aliphatic carbocycles. The van der Waals surface area contributed by atoms with E-state index in [1.54, 1.807) is 19.2 Å². The smallest absolute Gasteiger partial charge is 0.317 e. The van der Waals surface area contributed by atoms with Crippen LogP contribution in [0.15, 0.2) is 18.2 Å². The van der Waals surface area contributed by atoms with E-state index >= 15 is 0 Å². The van der Waals surface area contributed by atoms with Crippen molar-refractivity contribution in [3.8, 4) is 5.75 Å². The van der Waals surface area contributed by atoms with Gasteiger partial charge in [0, 0.05) is 0 Å². The summed E-state index contributed by atoms with van der Waals surface area (Å²) < 4.78 is 9.88. The van der Waals surface area contributed by atoms with Gasteiger partial charge < -0.3 is 14.6 Å². The van der Waals surface area contributed by atoms with Gasteiger partial charge >= 0.3 is 11.9 Å². The predicted octanol–water partition coefficient (Wildman–Crippen LogP) is 3.33. The highest BCUT2D eigenvalue weighted by Gasteiger charge is 2.09. The van der Waals surface area contributed by atoms with Gasteiger partial charge in [-0.15, -0.1) is 0 Å². The summed E-state index contributed by atoms with van der Waals surface area (Å²) in [6, 6.07) is 5.36.